The molecule has 1 aromatic rings. The van der Waals surface area contributed by atoms with E-state index in [9.17, 15) is 18.0 Å². The Morgan fingerprint density at radius 3 is 2.06 bits per heavy atom. The number of benzene rings is 1. The van der Waals surface area contributed by atoms with Gasteiger partial charge in [-0.25, -0.2) is 0 Å². The van der Waals surface area contributed by atoms with Crippen molar-refractivity contribution in [1.29, 1.82) is 0 Å². The summed E-state index contributed by atoms with van der Waals surface area (Å²) in [7, 11) is 0. The third-order valence-electron chi connectivity index (χ3n) is 1.63. The molecule has 0 radical (unpaired) electrons. The highest BCUT2D eigenvalue weighted by Gasteiger charge is 2.31. The molecule has 1 nitrogen and oxygen atoms in total. The van der Waals surface area contributed by atoms with Crippen LogP contribution >= 0.6 is 23.2 Å². The second-order valence-electron chi connectivity index (χ2n) is 2.70. The Hall–Kier alpha value is -1.18. The molecular weight excluding hydrogens is 264 g/mol. The van der Waals surface area contributed by atoms with Gasteiger partial charge in [0, 0.05) is 0 Å². The lowest BCUT2D eigenvalue weighted by Gasteiger charge is -2.08. The molecule has 0 aliphatic rings. The molecule has 0 N–H and O–H groups in total. The molecule has 0 amide bonds. The minimum atomic E-state index is -4.52. The molecule has 1 aromatic carbocycles. The average molecular weight is 267 g/mol. The monoisotopic (exact) mass is 266 g/mol. The lowest BCUT2D eigenvalue weighted by atomic mass is 10.1. The van der Waals surface area contributed by atoms with Gasteiger partial charge in [-0.1, -0.05) is 29.1 Å². The number of alkyl halides is 3. The first kappa shape index (κ1) is 12.9. The molecule has 0 heterocycles. The third kappa shape index (κ3) is 2.91. The zero-order valence-corrected chi connectivity index (χ0v) is 9.04. The maximum atomic E-state index is 12.3. The van der Waals surface area contributed by atoms with E-state index in [0.29, 0.717) is 18.4 Å². The van der Waals surface area contributed by atoms with Crippen LogP contribution in [0.2, 0.25) is 10.0 Å². The quantitative estimate of drug-likeness (QED) is 0.518. The van der Waals surface area contributed by atoms with Crippen LogP contribution in [0, 0.1) is 11.8 Å². The van der Waals surface area contributed by atoms with Gasteiger partial charge in [0.1, 0.15) is 0 Å². The second-order valence-corrected chi connectivity index (χ2v) is 3.51. The summed E-state index contributed by atoms with van der Waals surface area (Å²) in [6, 6.07) is 1.42. The van der Waals surface area contributed by atoms with E-state index >= 15 is 0 Å². The van der Waals surface area contributed by atoms with E-state index < -0.39 is 11.7 Å². The lowest BCUT2D eigenvalue weighted by Crippen LogP contribution is -2.05. The Bertz CT molecular complexity index is 460. The molecule has 0 spiro atoms. The van der Waals surface area contributed by atoms with Crippen molar-refractivity contribution in [2.24, 2.45) is 0 Å². The van der Waals surface area contributed by atoms with Gasteiger partial charge < -0.3 is 0 Å². The number of hydrogen-bond donors (Lipinski definition) is 0. The molecule has 0 unspecified atom stereocenters. The predicted molar refractivity (Wildman–Crippen MR) is 54.4 cm³/mol. The fraction of sp³-hybridized carbons (Fsp3) is 0.100. The molecule has 0 aromatic heterocycles. The average Bonchev–Trinajstić information content (AvgIpc) is 2.15. The third-order valence-corrected chi connectivity index (χ3v) is 2.22. The van der Waals surface area contributed by atoms with E-state index in [1.165, 1.54) is 0 Å². The first-order chi connectivity index (χ1) is 7.36. The van der Waals surface area contributed by atoms with E-state index in [4.69, 9.17) is 23.2 Å². The van der Waals surface area contributed by atoms with Gasteiger partial charge in [-0.3, -0.25) is 4.79 Å². The summed E-state index contributed by atoms with van der Waals surface area (Å²) in [5.74, 6) is 4.28. The van der Waals surface area contributed by atoms with Crippen LogP contribution in [0.4, 0.5) is 13.2 Å². The summed E-state index contributed by atoms with van der Waals surface area (Å²) in [6.45, 7) is 0. The van der Waals surface area contributed by atoms with Crippen molar-refractivity contribution in [3.05, 3.63) is 33.3 Å². The van der Waals surface area contributed by atoms with Gasteiger partial charge in [0.15, 0.2) is 6.29 Å². The molecule has 0 aliphatic carbocycles. The van der Waals surface area contributed by atoms with Crippen LogP contribution in [0.1, 0.15) is 11.1 Å². The number of rotatable bonds is 0. The van der Waals surface area contributed by atoms with Crippen molar-refractivity contribution < 1.29 is 18.0 Å². The summed E-state index contributed by atoms with van der Waals surface area (Å²) < 4.78 is 37.0. The van der Waals surface area contributed by atoms with Crippen LogP contribution in [0.5, 0.6) is 0 Å². The van der Waals surface area contributed by atoms with Crippen LogP contribution in [0.25, 0.3) is 0 Å². The van der Waals surface area contributed by atoms with Crippen molar-refractivity contribution in [3.63, 3.8) is 0 Å². The summed E-state index contributed by atoms with van der Waals surface area (Å²) in [5, 5.41) is -0.483. The summed E-state index contributed by atoms with van der Waals surface area (Å²) in [4.78, 5) is 9.99. The molecule has 0 atom stereocenters. The van der Waals surface area contributed by atoms with Crippen LogP contribution in [-0.4, -0.2) is 6.29 Å². The fourth-order valence-electron chi connectivity index (χ4n) is 0.958. The van der Waals surface area contributed by atoms with Crippen LogP contribution in [-0.2, 0) is 11.0 Å². The molecule has 0 fully saturated rings. The van der Waals surface area contributed by atoms with E-state index in [0.717, 1.165) is 0 Å². The molecule has 0 saturated carbocycles. The molecule has 0 aliphatic heterocycles. The first-order valence-electron chi connectivity index (χ1n) is 3.87. The van der Waals surface area contributed by atoms with Gasteiger partial charge in [0.25, 0.3) is 0 Å². The smallest absolute Gasteiger partial charge is 0.289 e. The van der Waals surface area contributed by atoms with Gasteiger partial charge in [-0.15, -0.1) is 0 Å². The number of carbonyl (C=O) groups excluding carboxylic acids is 1. The van der Waals surface area contributed by atoms with Gasteiger partial charge in [0.2, 0.25) is 0 Å². The minimum Gasteiger partial charge on any atom is -0.289 e. The summed E-state index contributed by atoms with van der Waals surface area (Å²) >= 11 is 11.1. The van der Waals surface area contributed by atoms with Crippen molar-refractivity contribution in [3.8, 4) is 11.8 Å². The molecule has 0 saturated heterocycles. The predicted octanol–water partition coefficient (Wildman–Crippen LogP) is 3.56. The van der Waals surface area contributed by atoms with Gasteiger partial charge in [0.05, 0.1) is 21.2 Å². The van der Waals surface area contributed by atoms with Crippen LogP contribution in [0.3, 0.4) is 0 Å². The van der Waals surface area contributed by atoms with Crippen molar-refractivity contribution in [2.75, 3.05) is 0 Å². The molecule has 16 heavy (non-hydrogen) atoms. The first-order valence-corrected chi connectivity index (χ1v) is 4.63. The Labute approximate surface area is 99.2 Å². The van der Waals surface area contributed by atoms with Crippen molar-refractivity contribution in [1.82, 2.24) is 0 Å². The standard InChI is InChI=1S/C10H3Cl2F3O/c11-8-4-6(10(13,14)15)5-9(12)7(8)2-1-3-16/h3-5H. The van der Waals surface area contributed by atoms with E-state index in [1.54, 1.807) is 0 Å². The highest BCUT2D eigenvalue weighted by molar-refractivity contribution is 6.36. The van der Waals surface area contributed by atoms with E-state index in [1.807, 2.05) is 5.92 Å². The minimum absolute atomic E-state index is 0.00318. The van der Waals surface area contributed by atoms with Crippen LogP contribution < -0.4 is 0 Å². The molecular formula is C10H3Cl2F3O. The number of halogens is 5. The highest BCUT2D eigenvalue weighted by atomic mass is 35.5. The maximum Gasteiger partial charge on any atom is 0.416 e. The molecule has 0 bridgehead atoms. The number of aldehydes is 1. The molecule has 84 valence electrons. The Morgan fingerprint density at radius 2 is 1.69 bits per heavy atom. The van der Waals surface area contributed by atoms with E-state index in [2.05, 4.69) is 5.92 Å². The normalized spacial score (nSPS) is 10.6. The maximum absolute atomic E-state index is 12.3. The lowest BCUT2D eigenvalue weighted by molar-refractivity contribution is -0.137. The van der Waals surface area contributed by atoms with Crippen molar-refractivity contribution in [2.45, 2.75) is 6.18 Å². The zero-order valence-electron chi connectivity index (χ0n) is 7.53. The molecule has 6 heteroatoms. The van der Waals surface area contributed by atoms with Crippen LogP contribution in [0.15, 0.2) is 12.1 Å². The largest absolute Gasteiger partial charge is 0.416 e. The number of hydrogen-bond acceptors (Lipinski definition) is 1. The molecule has 1 rings (SSSR count). The summed E-state index contributed by atoms with van der Waals surface area (Å²) in [5.41, 5.74) is -0.956. The summed E-state index contributed by atoms with van der Waals surface area (Å²) in [6.07, 6.45) is -4.23. The fourth-order valence-corrected chi connectivity index (χ4v) is 1.54. The zero-order chi connectivity index (χ0) is 12.3. The van der Waals surface area contributed by atoms with Gasteiger partial charge in [-0.2, -0.15) is 13.2 Å². The van der Waals surface area contributed by atoms with E-state index in [-0.39, 0.29) is 15.6 Å². The van der Waals surface area contributed by atoms with Gasteiger partial charge in [-0.05, 0) is 18.1 Å². The topological polar surface area (TPSA) is 17.1 Å². The van der Waals surface area contributed by atoms with Crippen molar-refractivity contribution >= 4 is 29.5 Å². The Balaban J connectivity index is 3.33. The number of carbonyl (C=O) groups is 1. The highest BCUT2D eigenvalue weighted by Crippen LogP contribution is 2.35. The second kappa shape index (κ2) is 4.77. The Morgan fingerprint density at radius 1 is 1.19 bits per heavy atom. The Kier molecular flexibility index (Phi) is 3.84. The SMILES string of the molecule is O=CC#Cc1c(Cl)cc(C(F)(F)F)cc1Cl. The van der Waals surface area contributed by atoms with Gasteiger partial charge >= 0.3 is 6.18 Å².